The van der Waals surface area contributed by atoms with E-state index in [0.717, 1.165) is 0 Å². The van der Waals surface area contributed by atoms with E-state index in [1.54, 1.807) is 0 Å². The first kappa shape index (κ1) is 17.1. The normalized spacial score (nSPS) is 10.1. The molecule has 0 bridgehead atoms. The number of carboxylic acid groups (broad SMARTS) is 2. The fraction of sp³-hybridized carbons (Fsp3) is 0.143. The Balaban J connectivity index is 0.000000356. The van der Waals surface area contributed by atoms with Crippen LogP contribution in [0.3, 0.4) is 0 Å². The summed E-state index contributed by atoms with van der Waals surface area (Å²) in [7, 11) is 0. The largest absolute Gasteiger partial charge is 0.478 e. The van der Waals surface area contributed by atoms with Crippen molar-refractivity contribution < 1.29 is 19.8 Å². The van der Waals surface area contributed by atoms with Crippen molar-refractivity contribution in [1.29, 1.82) is 0 Å². The molecule has 2 N–H and O–H groups in total. The lowest BCUT2D eigenvalue weighted by atomic mass is 10.2. The van der Waals surface area contributed by atoms with Gasteiger partial charge in [0.15, 0.2) is 0 Å². The monoisotopic (exact) mass is 326 g/mol. The lowest BCUT2D eigenvalue weighted by molar-refractivity contribution is -0.135. The van der Waals surface area contributed by atoms with E-state index in [-0.39, 0.29) is 12.0 Å². The molecular formula is C14H15BrO4. The van der Waals surface area contributed by atoms with Crippen LogP contribution in [0.4, 0.5) is 0 Å². The van der Waals surface area contributed by atoms with Gasteiger partial charge in [0.1, 0.15) is 0 Å². The molecule has 1 aromatic rings. The van der Waals surface area contributed by atoms with Gasteiger partial charge in [-0.2, -0.15) is 0 Å². The highest BCUT2D eigenvalue weighted by atomic mass is 79.9. The Labute approximate surface area is 120 Å². The van der Waals surface area contributed by atoms with Crippen molar-refractivity contribution in [1.82, 2.24) is 0 Å². The number of alkyl halides is 1. The van der Waals surface area contributed by atoms with Gasteiger partial charge in [-0.05, 0) is 12.0 Å². The van der Waals surface area contributed by atoms with Crippen LogP contribution in [0, 0.1) is 0 Å². The van der Waals surface area contributed by atoms with E-state index >= 15 is 0 Å². The van der Waals surface area contributed by atoms with Gasteiger partial charge in [0.25, 0.3) is 0 Å². The van der Waals surface area contributed by atoms with Crippen molar-refractivity contribution in [3.8, 4) is 0 Å². The third kappa shape index (κ3) is 8.79. The molecule has 5 heteroatoms. The molecule has 4 nitrogen and oxygen atoms in total. The molecule has 0 aliphatic rings. The van der Waals surface area contributed by atoms with E-state index < -0.39 is 11.9 Å². The van der Waals surface area contributed by atoms with E-state index in [2.05, 4.69) is 22.5 Å². The third-order valence-corrected chi connectivity index (χ3v) is 2.37. The molecule has 0 unspecified atom stereocenters. The maximum atomic E-state index is 10.3. The second kappa shape index (κ2) is 10.1. The first-order valence-electron chi connectivity index (χ1n) is 5.41. The second-order valence-corrected chi connectivity index (χ2v) is 4.16. The molecule has 0 aliphatic carbocycles. The molecule has 0 radical (unpaired) electrons. The first-order valence-corrected chi connectivity index (χ1v) is 6.53. The van der Waals surface area contributed by atoms with Crippen LogP contribution < -0.4 is 0 Å². The van der Waals surface area contributed by atoms with Crippen LogP contribution in [0.5, 0.6) is 0 Å². The number of benzene rings is 1. The molecule has 1 rings (SSSR count). The van der Waals surface area contributed by atoms with E-state index in [0.29, 0.717) is 11.4 Å². The predicted octanol–water partition coefficient (Wildman–Crippen LogP) is 3.20. The van der Waals surface area contributed by atoms with Gasteiger partial charge in [-0.25, -0.2) is 9.59 Å². The van der Waals surface area contributed by atoms with Gasteiger partial charge in [-0.15, -0.1) is 0 Å². The minimum Gasteiger partial charge on any atom is -0.478 e. The average molecular weight is 327 g/mol. The standard InChI is InChI=1S/C8H8.C6H7BrO4/c1-2-8-6-4-3-5-7-8;7-2-1-4(6(10)11)3-5(8)9/h2-7H,1H2;3H,1-2H2,(H,8,9)(H,10,11). The number of rotatable bonds is 5. The highest BCUT2D eigenvalue weighted by molar-refractivity contribution is 9.09. The number of aliphatic carboxylic acids is 2. The van der Waals surface area contributed by atoms with Crippen molar-refractivity contribution in [2.75, 3.05) is 5.33 Å². The summed E-state index contributed by atoms with van der Waals surface area (Å²) in [6, 6.07) is 10.0. The second-order valence-electron chi connectivity index (χ2n) is 3.37. The zero-order chi connectivity index (χ0) is 14.7. The highest BCUT2D eigenvalue weighted by Gasteiger charge is 2.07. The fourth-order valence-corrected chi connectivity index (χ4v) is 1.51. The lowest BCUT2D eigenvalue weighted by Gasteiger charge is -1.95. The van der Waals surface area contributed by atoms with Crippen LogP contribution in [0.25, 0.3) is 6.08 Å². The third-order valence-electron chi connectivity index (χ3n) is 1.97. The van der Waals surface area contributed by atoms with E-state index in [9.17, 15) is 9.59 Å². The quantitative estimate of drug-likeness (QED) is 0.643. The summed E-state index contributed by atoms with van der Waals surface area (Å²) in [6.07, 6.45) is 2.74. The van der Waals surface area contributed by atoms with Crippen LogP contribution in [0.1, 0.15) is 12.0 Å². The Kier molecular flexibility index (Phi) is 9.08. The van der Waals surface area contributed by atoms with Crippen molar-refractivity contribution >= 4 is 33.9 Å². The molecule has 0 spiro atoms. The van der Waals surface area contributed by atoms with Gasteiger partial charge in [0.2, 0.25) is 0 Å². The van der Waals surface area contributed by atoms with Crippen LogP contribution in [0.15, 0.2) is 48.6 Å². The molecule has 0 saturated carbocycles. The molecule has 0 amide bonds. The Morgan fingerprint density at radius 3 is 2.11 bits per heavy atom. The molecule has 0 fully saturated rings. The fourth-order valence-electron chi connectivity index (χ4n) is 1.08. The molecule has 0 aromatic heterocycles. The summed E-state index contributed by atoms with van der Waals surface area (Å²) >= 11 is 3.01. The maximum absolute atomic E-state index is 10.3. The molecule has 102 valence electrons. The molecule has 0 saturated heterocycles. The summed E-state index contributed by atoms with van der Waals surface area (Å²) in [5.74, 6) is -2.42. The Morgan fingerprint density at radius 2 is 1.79 bits per heavy atom. The smallest absolute Gasteiger partial charge is 0.331 e. The topological polar surface area (TPSA) is 74.6 Å². The molecule has 0 atom stereocenters. The zero-order valence-corrected chi connectivity index (χ0v) is 11.8. The molecular weight excluding hydrogens is 312 g/mol. The number of hydrogen-bond acceptors (Lipinski definition) is 2. The van der Waals surface area contributed by atoms with Gasteiger partial charge in [0.05, 0.1) is 0 Å². The highest BCUT2D eigenvalue weighted by Crippen LogP contribution is 2.03. The SMILES string of the molecule is C=Cc1ccccc1.O=C(O)C=C(CCBr)C(=O)O. The minimum atomic E-state index is -1.23. The molecule has 0 heterocycles. The zero-order valence-electron chi connectivity index (χ0n) is 10.3. The van der Waals surface area contributed by atoms with E-state index in [4.69, 9.17) is 10.2 Å². The summed E-state index contributed by atoms with van der Waals surface area (Å²) in [4.78, 5) is 20.3. The van der Waals surface area contributed by atoms with Gasteiger partial charge in [-0.3, -0.25) is 0 Å². The van der Waals surface area contributed by atoms with Gasteiger partial charge in [-0.1, -0.05) is 58.9 Å². The van der Waals surface area contributed by atoms with Gasteiger partial charge >= 0.3 is 11.9 Å². The summed E-state index contributed by atoms with van der Waals surface area (Å²) in [5.41, 5.74) is 1.07. The summed E-state index contributed by atoms with van der Waals surface area (Å²) in [5, 5.41) is 17.0. The van der Waals surface area contributed by atoms with Gasteiger partial charge < -0.3 is 10.2 Å². The van der Waals surface area contributed by atoms with Crippen LogP contribution in [0.2, 0.25) is 0 Å². The van der Waals surface area contributed by atoms with E-state index in [1.807, 2.05) is 36.4 Å². The maximum Gasteiger partial charge on any atom is 0.331 e. The van der Waals surface area contributed by atoms with E-state index in [1.165, 1.54) is 5.56 Å². The van der Waals surface area contributed by atoms with Crippen molar-refractivity contribution in [3.63, 3.8) is 0 Å². The number of halogens is 1. The Bertz CT molecular complexity index is 452. The molecule has 19 heavy (non-hydrogen) atoms. The lowest BCUT2D eigenvalue weighted by Crippen LogP contribution is -2.04. The van der Waals surface area contributed by atoms with Gasteiger partial charge in [0, 0.05) is 17.0 Å². The Hall–Kier alpha value is -1.88. The number of hydrogen-bond donors (Lipinski definition) is 2. The first-order chi connectivity index (χ1) is 9.01. The van der Waals surface area contributed by atoms with Crippen molar-refractivity contribution in [2.24, 2.45) is 0 Å². The summed E-state index contributed by atoms with van der Waals surface area (Å²) in [6.45, 7) is 3.63. The Morgan fingerprint density at radius 1 is 1.21 bits per heavy atom. The number of carboxylic acids is 2. The van der Waals surface area contributed by atoms with Crippen LogP contribution >= 0.6 is 15.9 Å². The van der Waals surface area contributed by atoms with Crippen LogP contribution in [-0.2, 0) is 9.59 Å². The molecule has 1 aromatic carbocycles. The molecule has 0 aliphatic heterocycles. The average Bonchev–Trinajstić information content (AvgIpc) is 2.39. The van der Waals surface area contributed by atoms with Crippen molar-refractivity contribution in [2.45, 2.75) is 6.42 Å². The predicted molar refractivity (Wildman–Crippen MR) is 78.3 cm³/mol. The minimum absolute atomic E-state index is 0.102. The van der Waals surface area contributed by atoms with Crippen molar-refractivity contribution in [3.05, 3.63) is 54.1 Å². The van der Waals surface area contributed by atoms with Crippen LogP contribution in [-0.4, -0.2) is 27.5 Å². The summed E-state index contributed by atoms with van der Waals surface area (Å²) < 4.78 is 0. The number of carbonyl (C=O) groups is 2.